The Kier molecular flexibility index (Phi) is 2.48. The van der Waals surface area contributed by atoms with Crippen LogP contribution in [-0.2, 0) is 11.3 Å². The predicted octanol–water partition coefficient (Wildman–Crippen LogP) is 1.47. The van der Waals surface area contributed by atoms with E-state index in [9.17, 15) is 0 Å². The molecule has 13 heavy (non-hydrogen) atoms. The molecule has 1 aliphatic heterocycles. The molecular weight excluding hydrogens is 164 g/mol. The van der Waals surface area contributed by atoms with Crippen molar-refractivity contribution in [3.63, 3.8) is 0 Å². The molecule has 0 amide bonds. The predicted molar refractivity (Wildman–Crippen MR) is 49.2 cm³/mol. The summed E-state index contributed by atoms with van der Waals surface area (Å²) < 4.78 is 5.00. The molecule has 0 aromatic heterocycles. The highest BCUT2D eigenvalue weighted by atomic mass is 16.5. The topological polar surface area (TPSA) is 26.6 Å². The highest BCUT2D eigenvalue weighted by molar-refractivity contribution is 5.14. The minimum Gasteiger partial charge on any atom is -0.478 e. The van der Waals surface area contributed by atoms with E-state index in [1.165, 1.54) is 5.56 Å². The molecule has 0 saturated heterocycles. The van der Waals surface area contributed by atoms with Gasteiger partial charge in [0.25, 0.3) is 0 Å². The van der Waals surface area contributed by atoms with Gasteiger partial charge in [0.1, 0.15) is 6.26 Å². The minimum atomic E-state index is 0.535. The van der Waals surface area contributed by atoms with Gasteiger partial charge in [-0.3, -0.25) is 5.01 Å². The van der Waals surface area contributed by atoms with Gasteiger partial charge in [-0.05, 0) is 5.56 Å². The van der Waals surface area contributed by atoms with E-state index in [1.54, 1.807) is 11.3 Å². The van der Waals surface area contributed by atoms with Gasteiger partial charge in [-0.2, -0.15) is 0 Å². The lowest BCUT2D eigenvalue weighted by Gasteiger charge is -2.11. The normalized spacial score (nSPS) is 14.6. The summed E-state index contributed by atoms with van der Waals surface area (Å²) >= 11 is 0. The monoisotopic (exact) mass is 175 g/mol. The molecule has 1 aromatic rings. The summed E-state index contributed by atoms with van der Waals surface area (Å²) in [5.41, 5.74) is 5.53. The Labute approximate surface area is 77.6 Å². The molecule has 0 N–H and O–H groups in total. The molecule has 67 valence electrons. The number of benzene rings is 1. The van der Waals surface area contributed by atoms with Crippen molar-refractivity contribution in [1.29, 1.82) is 0 Å². The van der Waals surface area contributed by atoms with Crippen LogP contribution in [0.15, 0.2) is 42.8 Å². The van der Waals surface area contributed by atoms with Crippen LogP contribution in [0, 0.1) is 0 Å². The maximum Gasteiger partial charge on any atom is 0.175 e. The lowest BCUT2D eigenvalue weighted by atomic mass is 10.2. The maximum absolute atomic E-state index is 5.00. The summed E-state index contributed by atoms with van der Waals surface area (Å²) in [6, 6.07) is 10.2. The summed E-state index contributed by atoms with van der Waals surface area (Å²) in [4.78, 5) is 0. The van der Waals surface area contributed by atoms with Gasteiger partial charge in [0, 0.05) is 0 Å². The third kappa shape index (κ3) is 2.23. The van der Waals surface area contributed by atoms with Crippen LogP contribution >= 0.6 is 0 Å². The van der Waals surface area contributed by atoms with Crippen LogP contribution in [0.2, 0.25) is 0 Å². The number of hydrogen-bond acceptors (Lipinski definition) is 2. The van der Waals surface area contributed by atoms with Crippen molar-refractivity contribution in [2.24, 2.45) is 0 Å². The summed E-state index contributed by atoms with van der Waals surface area (Å²) in [6.45, 7) is 1.24. The average molecular weight is 175 g/mol. The van der Waals surface area contributed by atoms with Crippen molar-refractivity contribution in [2.75, 3.05) is 6.73 Å². The first-order chi connectivity index (χ1) is 6.45. The van der Waals surface area contributed by atoms with Gasteiger partial charge >= 0.3 is 0 Å². The molecule has 0 fully saturated rings. The SMILES string of the molecule is C1=CN([N]Cc2ccccc2)CO1. The lowest BCUT2D eigenvalue weighted by molar-refractivity contribution is 0.125. The Morgan fingerprint density at radius 1 is 1.31 bits per heavy atom. The number of hydrogen-bond donors (Lipinski definition) is 0. The summed E-state index contributed by atoms with van der Waals surface area (Å²) in [5.74, 6) is 0. The van der Waals surface area contributed by atoms with Crippen molar-refractivity contribution in [3.8, 4) is 0 Å². The fourth-order valence-electron chi connectivity index (χ4n) is 1.12. The Balaban J connectivity index is 1.82. The highest BCUT2D eigenvalue weighted by Crippen LogP contribution is 2.02. The molecular formula is C10H11N2O. The van der Waals surface area contributed by atoms with E-state index in [2.05, 4.69) is 17.6 Å². The second-order valence-corrected chi connectivity index (χ2v) is 2.81. The Bertz CT molecular complexity index is 284. The second-order valence-electron chi connectivity index (χ2n) is 2.81. The molecule has 0 bridgehead atoms. The van der Waals surface area contributed by atoms with Crippen LogP contribution in [0.1, 0.15) is 5.56 Å². The molecule has 0 saturated carbocycles. The fraction of sp³-hybridized carbons (Fsp3) is 0.200. The number of ether oxygens (including phenoxy) is 1. The van der Waals surface area contributed by atoms with Gasteiger partial charge in [-0.25, -0.2) is 0 Å². The Hall–Kier alpha value is -1.48. The van der Waals surface area contributed by atoms with E-state index in [0.29, 0.717) is 13.3 Å². The maximum atomic E-state index is 5.00. The van der Waals surface area contributed by atoms with E-state index < -0.39 is 0 Å². The second kappa shape index (κ2) is 3.96. The molecule has 1 aliphatic rings. The van der Waals surface area contributed by atoms with Crippen LogP contribution in [0.25, 0.3) is 0 Å². The third-order valence-corrected chi connectivity index (χ3v) is 1.81. The van der Waals surface area contributed by atoms with Crippen molar-refractivity contribution in [3.05, 3.63) is 48.4 Å². The Morgan fingerprint density at radius 3 is 2.85 bits per heavy atom. The largest absolute Gasteiger partial charge is 0.478 e. The molecule has 0 atom stereocenters. The minimum absolute atomic E-state index is 0.535. The van der Waals surface area contributed by atoms with Crippen LogP contribution < -0.4 is 5.43 Å². The lowest BCUT2D eigenvalue weighted by Crippen LogP contribution is -2.24. The quantitative estimate of drug-likeness (QED) is 0.695. The van der Waals surface area contributed by atoms with Crippen LogP contribution in [0.4, 0.5) is 0 Å². The van der Waals surface area contributed by atoms with E-state index in [-0.39, 0.29) is 0 Å². The standard InChI is InChI=1S/C10H11N2O/c1-2-4-10(5-3-1)8-11-12-6-7-13-9-12/h1-7H,8-9H2. The van der Waals surface area contributed by atoms with Crippen LogP contribution in [0.5, 0.6) is 0 Å². The highest BCUT2D eigenvalue weighted by Gasteiger charge is 2.04. The summed E-state index contributed by atoms with van der Waals surface area (Å²) in [7, 11) is 0. The van der Waals surface area contributed by atoms with Crippen LogP contribution in [-0.4, -0.2) is 11.7 Å². The van der Waals surface area contributed by atoms with Gasteiger partial charge in [0.05, 0.1) is 12.7 Å². The molecule has 0 aliphatic carbocycles. The fourth-order valence-corrected chi connectivity index (χ4v) is 1.12. The first kappa shape index (κ1) is 8.13. The van der Waals surface area contributed by atoms with Crippen LogP contribution in [0.3, 0.4) is 0 Å². The first-order valence-corrected chi connectivity index (χ1v) is 4.21. The van der Waals surface area contributed by atoms with Crippen molar-refractivity contribution < 1.29 is 4.74 Å². The van der Waals surface area contributed by atoms with Gasteiger partial charge in [-0.1, -0.05) is 30.3 Å². The van der Waals surface area contributed by atoms with Gasteiger partial charge in [0.2, 0.25) is 0 Å². The van der Waals surface area contributed by atoms with E-state index in [4.69, 9.17) is 4.74 Å². The zero-order valence-corrected chi connectivity index (χ0v) is 7.26. The molecule has 2 rings (SSSR count). The van der Waals surface area contributed by atoms with Gasteiger partial charge < -0.3 is 4.74 Å². The molecule has 1 heterocycles. The molecule has 1 radical (unpaired) electrons. The molecule has 0 spiro atoms. The van der Waals surface area contributed by atoms with Crippen molar-refractivity contribution in [2.45, 2.75) is 6.54 Å². The Morgan fingerprint density at radius 2 is 2.15 bits per heavy atom. The molecule has 3 nitrogen and oxygen atoms in total. The molecule has 3 heteroatoms. The van der Waals surface area contributed by atoms with E-state index in [0.717, 1.165) is 0 Å². The smallest absolute Gasteiger partial charge is 0.175 e. The van der Waals surface area contributed by atoms with Crippen molar-refractivity contribution in [1.82, 2.24) is 10.4 Å². The first-order valence-electron chi connectivity index (χ1n) is 4.21. The van der Waals surface area contributed by atoms with E-state index >= 15 is 0 Å². The molecule has 0 unspecified atom stereocenters. The summed E-state index contributed by atoms with van der Waals surface area (Å²) in [6.07, 6.45) is 3.47. The zero-order chi connectivity index (χ0) is 8.93. The summed E-state index contributed by atoms with van der Waals surface area (Å²) in [5, 5.41) is 1.78. The number of rotatable bonds is 3. The average Bonchev–Trinajstić information content (AvgIpc) is 2.69. The van der Waals surface area contributed by atoms with Gasteiger partial charge in [0.15, 0.2) is 6.73 Å². The van der Waals surface area contributed by atoms with Gasteiger partial charge in [-0.15, -0.1) is 5.43 Å². The zero-order valence-electron chi connectivity index (χ0n) is 7.26. The molecule has 1 aromatic carbocycles. The number of nitrogens with zero attached hydrogens (tertiary/aromatic N) is 2. The van der Waals surface area contributed by atoms with Crippen molar-refractivity contribution >= 4 is 0 Å². The third-order valence-electron chi connectivity index (χ3n) is 1.81. The van der Waals surface area contributed by atoms with E-state index in [1.807, 2.05) is 24.4 Å².